The Balaban J connectivity index is 2.05. The number of halogens is 1. The molecule has 112 valence electrons. The molecule has 0 aliphatic heterocycles. The van der Waals surface area contributed by atoms with E-state index in [1.165, 1.54) is 56.1 Å². The smallest absolute Gasteiger partial charge is 0.0423 e. The van der Waals surface area contributed by atoms with Crippen molar-refractivity contribution in [2.45, 2.75) is 76.0 Å². The Morgan fingerprint density at radius 2 is 1.40 bits per heavy atom. The molecule has 0 spiro atoms. The van der Waals surface area contributed by atoms with Crippen LogP contribution in [0, 0.1) is 5.92 Å². The molecule has 1 heteroatoms. The Kier molecular flexibility index (Phi) is 5.72. The normalized spacial score (nSPS) is 20.2. The molecule has 0 bridgehead atoms. The average Bonchev–Trinajstić information content (AvgIpc) is 2.37. The molecule has 1 aromatic rings. The van der Waals surface area contributed by atoms with E-state index in [-0.39, 0.29) is 5.41 Å². The van der Waals surface area contributed by atoms with Gasteiger partial charge in [-0.25, -0.2) is 0 Å². The van der Waals surface area contributed by atoms with E-state index in [9.17, 15) is 0 Å². The molecule has 1 atom stereocenters. The highest BCUT2D eigenvalue weighted by Gasteiger charge is 2.22. The second kappa shape index (κ2) is 7.11. The monoisotopic (exact) mass is 336 g/mol. The molecule has 1 aliphatic rings. The van der Waals surface area contributed by atoms with E-state index in [4.69, 9.17) is 0 Å². The van der Waals surface area contributed by atoms with Gasteiger partial charge in [0.15, 0.2) is 0 Å². The van der Waals surface area contributed by atoms with Gasteiger partial charge in [0, 0.05) is 4.83 Å². The minimum atomic E-state index is 0.251. The van der Waals surface area contributed by atoms with Crippen molar-refractivity contribution in [1.29, 1.82) is 0 Å². The minimum absolute atomic E-state index is 0.251. The summed E-state index contributed by atoms with van der Waals surface area (Å²) in [5.41, 5.74) is 3.14. The van der Waals surface area contributed by atoms with Gasteiger partial charge in [-0.05, 0) is 35.3 Å². The van der Waals surface area contributed by atoms with E-state index in [1.54, 1.807) is 0 Å². The van der Waals surface area contributed by atoms with Crippen LogP contribution in [0.4, 0.5) is 0 Å². The van der Waals surface area contributed by atoms with Crippen LogP contribution < -0.4 is 0 Å². The van der Waals surface area contributed by atoms with Gasteiger partial charge in [0.1, 0.15) is 0 Å². The van der Waals surface area contributed by atoms with Crippen LogP contribution in [0.3, 0.4) is 0 Å². The first kappa shape index (κ1) is 16.1. The highest BCUT2D eigenvalue weighted by atomic mass is 79.9. The summed E-state index contributed by atoms with van der Waals surface area (Å²) in [5.74, 6) is 0.816. The Morgan fingerprint density at radius 1 is 0.900 bits per heavy atom. The first-order valence-electron chi connectivity index (χ1n) is 8.23. The van der Waals surface area contributed by atoms with Gasteiger partial charge in [0.05, 0.1) is 0 Å². The van der Waals surface area contributed by atoms with Gasteiger partial charge < -0.3 is 0 Å². The minimum Gasteiger partial charge on any atom is -0.0836 e. The Labute approximate surface area is 133 Å². The summed E-state index contributed by atoms with van der Waals surface area (Å²) in [6.07, 6.45) is 9.89. The Morgan fingerprint density at radius 3 is 1.90 bits per heavy atom. The summed E-state index contributed by atoms with van der Waals surface area (Å²) in [4.78, 5) is 0.537. The van der Waals surface area contributed by atoms with Crippen LogP contribution in [0.2, 0.25) is 0 Å². The molecule has 1 aromatic carbocycles. The van der Waals surface area contributed by atoms with Crippen LogP contribution in [-0.2, 0) is 5.41 Å². The number of hydrogen-bond donors (Lipinski definition) is 0. The number of hydrogen-bond acceptors (Lipinski definition) is 0. The molecule has 20 heavy (non-hydrogen) atoms. The first-order valence-corrected chi connectivity index (χ1v) is 9.14. The van der Waals surface area contributed by atoms with Gasteiger partial charge in [0.25, 0.3) is 0 Å². The van der Waals surface area contributed by atoms with Gasteiger partial charge in [-0.1, -0.05) is 93.1 Å². The third-order valence-corrected chi connectivity index (χ3v) is 5.94. The first-order chi connectivity index (χ1) is 9.48. The lowest BCUT2D eigenvalue weighted by Gasteiger charge is -2.26. The molecular formula is C19H29Br. The summed E-state index contributed by atoms with van der Waals surface area (Å²) >= 11 is 3.98. The predicted molar refractivity (Wildman–Crippen MR) is 92.6 cm³/mol. The van der Waals surface area contributed by atoms with Crippen molar-refractivity contribution >= 4 is 15.9 Å². The van der Waals surface area contributed by atoms with E-state index < -0.39 is 0 Å². The molecule has 0 aromatic heterocycles. The maximum absolute atomic E-state index is 3.98. The van der Waals surface area contributed by atoms with Gasteiger partial charge in [-0.3, -0.25) is 0 Å². The lowest BCUT2D eigenvalue weighted by atomic mass is 9.84. The maximum Gasteiger partial charge on any atom is 0.0423 e. The SMILES string of the molecule is CC(C)(C)c1ccc(C(Br)C2CCCCCCC2)cc1. The molecule has 2 rings (SSSR count). The Hall–Kier alpha value is -0.300. The molecule has 1 unspecified atom stereocenters. The van der Waals surface area contributed by atoms with Gasteiger partial charge >= 0.3 is 0 Å². The quantitative estimate of drug-likeness (QED) is 0.522. The van der Waals surface area contributed by atoms with Gasteiger partial charge in [0.2, 0.25) is 0 Å². The van der Waals surface area contributed by atoms with E-state index in [2.05, 4.69) is 61.0 Å². The largest absolute Gasteiger partial charge is 0.0836 e. The summed E-state index contributed by atoms with van der Waals surface area (Å²) in [6, 6.07) is 9.29. The van der Waals surface area contributed by atoms with E-state index >= 15 is 0 Å². The summed E-state index contributed by atoms with van der Waals surface area (Å²) in [7, 11) is 0. The molecule has 0 N–H and O–H groups in total. The molecule has 1 fully saturated rings. The zero-order valence-electron chi connectivity index (χ0n) is 13.3. The molecule has 0 saturated heterocycles. The van der Waals surface area contributed by atoms with E-state index in [1.807, 2.05) is 0 Å². The second-order valence-electron chi connectivity index (χ2n) is 7.38. The third kappa shape index (κ3) is 4.35. The number of alkyl halides is 1. The van der Waals surface area contributed by atoms with Crippen LogP contribution >= 0.6 is 15.9 Å². The van der Waals surface area contributed by atoms with E-state index in [0.717, 1.165) is 5.92 Å². The van der Waals surface area contributed by atoms with Crippen LogP contribution in [0.5, 0.6) is 0 Å². The van der Waals surface area contributed by atoms with Crippen molar-refractivity contribution in [3.8, 4) is 0 Å². The number of rotatable bonds is 2. The highest BCUT2D eigenvalue weighted by molar-refractivity contribution is 9.09. The third-order valence-electron chi connectivity index (χ3n) is 4.66. The molecule has 0 radical (unpaired) electrons. The summed E-state index contributed by atoms with van der Waals surface area (Å²) in [6.45, 7) is 6.84. The van der Waals surface area contributed by atoms with Crippen molar-refractivity contribution in [3.05, 3.63) is 35.4 Å². The lowest BCUT2D eigenvalue weighted by molar-refractivity contribution is 0.374. The molecular weight excluding hydrogens is 308 g/mol. The van der Waals surface area contributed by atoms with Crippen molar-refractivity contribution in [2.75, 3.05) is 0 Å². The van der Waals surface area contributed by atoms with Crippen LogP contribution in [0.1, 0.15) is 81.7 Å². The fourth-order valence-corrected chi connectivity index (χ4v) is 4.05. The Bertz CT molecular complexity index is 391. The van der Waals surface area contributed by atoms with Crippen LogP contribution in [-0.4, -0.2) is 0 Å². The van der Waals surface area contributed by atoms with Gasteiger partial charge in [-0.2, -0.15) is 0 Å². The van der Waals surface area contributed by atoms with Crippen LogP contribution in [0.25, 0.3) is 0 Å². The van der Waals surface area contributed by atoms with Crippen LogP contribution in [0.15, 0.2) is 24.3 Å². The average molecular weight is 337 g/mol. The van der Waals surface area contributed by atoms with Crippen molar-refractivity contribution in [2.24, 2.45) is 5.92 Å². The number of benzene rings is 1. The van der Waals surface area contributed by atoms with E-state index in [0.29, 0.717) is 4.83 Å². The molecule has 0 nitrogen and oxygen atoms in total. The summed E-state index contributed by atoms with van der Waals surface area (Å²) < 4.78 is 0. The summed E-state index contributed by atoms with van der Waals surface area (Å²) in [5, 5.41) is 0. The molecule has 0 amide bonds. The van der Waals surface area contributed by atoms with Crippen molar-refractivity contribution in [3.63, 3.8) is 0 Å². The molecule has 1 saturated carbocycles. The van der Waals surface area contributed by atoms with Crippen molar-refractivity contribution in [1.82, 2.24) is 0 Å². The maximum atomic E-state index is 3.98. The molecule has 1 aliphatic carbocycles. The lowest BCUT2D eigenvalue weighted by Crippen LogP contribution is -2.12. The predicted octanol–water partition coefficient (Wildman–Crippen LogP) is 6.78. The zero-order valence-corrected chi connectivity index (χ0v) is 14.9. The second-order valence-corrected chi connectivity index (χ2v) is 8.37. The van der Waals surface area contributed by atoms with Crippen molar-refractivity contribution < 1.29 is 0 Å². The zero-order chi connectivity index (χ0) is 14.6. The topological polar surface area (TPSA) is 0 Å². The standard InChI is InChI=1S/C19H29Br/c1-19(2,3)17-13-11-16(12-14-17)18(20)15-9-7-5-4-6-8-10-15/h11-15,18H,4-10H2,1-3H3. The fraction of sp³-hybridized carbons (Fsp3) is 0.684. The fourth-order valence-electron chi connectivity index (χ4n) is 3.22. The highest BCUT2D eigenvalue weighted by Crippen LogP contribution is 2.39. The van der Waals surface area contributed by atoms with Gasteiger partial charge in [-0.15, -0.1) is 0 Å². The molecule has 0 heterocycles.